The molecular formula is C14H10FN. The summed E-state index contributed by atoms with van der Waals surface area (Å²) in [7, 11) is 0. The molecular weight excluding hydrogens is 201 g/mol. The Bertz CT molecular complexity index is 567. The predicted molar refractivity (Wildman–Crippen MR) is 61.3 cm³/mol. The van der Waals surface area contributed by atoms with Crippen molar-refractivity contribution in [3.05, 3.63) is 59.4 Å². The first-order chi connectivity index (χ1) is 7.72. The van der Waals surface area contributed by atoms with E-state index < -0.39 is 0 Å². The van der Waals surface area contributed by atoms with Crippen LogP contribution in [0.5, 0.6) is 0 Å². The molecule has 2 aromatic carbocycles. The van der Waals surface area contributed by atoms with Crippen molar-refractivity contribution in [1.29, 1.82) is 5.26 Å². The first kappa shape index (κ1) is 10.4. The lowest BCUT2D eigenvalue weighted by atomic mass is 9.98. The van der Waals surface area contributed by atoms with Crippen LogP contribution in [0.4, 0.5) is 4.39 Å². The Balaban J connectivity index is 2.69. The molecule has 0 aromatic heterocycles. The number of rotatable bonds is 1. The van der Waals surface area contributed by atoms with Gasteiger partial charge in [0.2, 0.25) is 0 Å². The highest BCUT2D eigenvalue weighted by Crippen LogP contribution is 2.26. The van der Waals surface area contributed by atoms with Crippen LogP contribution in [0, 0.1) is 24.1 Å². The molecule has 0 amide bonds. The molecule has 0 saturated heterocycles. The summed E-state index contributed by atoms with van der Waals surface area (Å²) in [5.41, 5.74) is 2.54. The van der Waals surface area contributed by atoms with Crippen molar-refractivity contribution in [1.82, 2.24) is 0 Å². The molecule has 0 aliphatic heterocycles. The smallest absolute Gasteiger partial charge is 0.132 e. The molecule has 0 N–H and O–H groups in total. The van der Waals surface area contributed by atoms with Crippen molar-refractivity contribution >= 4 is 0 Å². The SMILES string of the molecule is Cc1cccc(-c2c(F)cccc2C#N)c1. The number of halogens is 1. The Morgan fingerprint density at radius 1 is 1.12 bits per heavy atom. The Hall–Kier alpha value is -2.14. The van der Waals surface area contributed by atoms with Crippen molar-refractivity contribution in [2.75, 3.05) is 0 Å². The molecule has 0 aliphatic rings. The zero-order valence-electron chi connectivity index (χ0n) is 8.87. The van der Waals surface area contributed by atoms with Gasteiger partial charge in [-0.15, -0.1) is 0 Å². The predicted octanol–water partition coefficient (Wildman–Crippen LogP) is 3.67. The number of benzene rings is 2. The highest BCUT2D eigenvalue weighted by atomic mass is 19.1. The van der Waals surface area contributed by atoms with Crippen molar-refractivity contribution in [3.63, 3.8) is 0 Å². The molecule has 0 unspecified atom stereocenters. The van der Waals surface area contributed by atoms with Crippen LogP contribution in [0.25, 0.3) is 11.1 Å². The van der Waals surface area contributed by atoms with E-state index in [9.17, 15) is 4.39 Å². The van der Waals surface area contributed by atoms with E-state index in [4.69, 9.17) is 5.26 Å². The van der Waals surface area contributed by atoms with Gasteiger partial charge in [0.05, 0.1) is 11.6 Å². The van der Waals surface area contributed by atoms with Gasteiger partial charge < -0.3 is 0 Å². The maximum absolute atomic E-state index is 13.7. The van der Waals surface area contributed by atoms with Gasteiger partial charge in [-0.25, -0.2) is 4.39 Å². The van der Waals surface area contributed by atoms with Gasteiger partial charge in [-0.1, -0.05) is 35.9 Å². The van der Waals surface area contributed by atoms with Gasteiger partial charge >= 0.3 is 0 Å². The first-order valence-electron chi connectivity index (χ1n) is 4.98. The van der Waals surface area contributed by atoms with E-state index in [2.05, 4.69) is 0 Å². The third-order valence-corrected chi connectivity index (χ3v) is 2.44. The zero-order chi connectivity index (χ0) is 11.5. The van der Waals surface area contributed by atoms with Crippen molar-refractivity contribution in [2.45, 2.75) is 6.92 Å². The number of nitrogens with zero attached hydrogens (tertiary/aromatic N) is 1. The van der Waals surface area contributed by atoms with E-state index in [1.807, 2.05) is 37.3 Å². The van der Waals surface area contributed by atoms with Crippen LogP contribution in [-0.2, 0) is 0 Å². The molecule has 0 bridgehead atoms. The summed E-state index contributed by atoms with van der Waals surface area (Å²) in [5, 5.41) is 8.96. The quantitative estimate of drug-likeness (QED) is 0.706. The topological polar surface area (TPSA) is 23.8 Å². The van der Waals surface area contributed by atoms with Crippen LogP contribution in [-0.4, -0.2) is 0 Å². The highest BCUT2D eigenvalue weighted by Gasteiger charge is 2.10. The molecule has 2 aromatic rings. The molecule has 2 heteroatoms. The molecule has 0 heterocycles. The maximum atomic E-state index is 13.7. The van der Waals surface area contributed by atoms with Crippen molar-refractivity contribution in [2.24, 2.45) is 0 Å². The highest BCUT2D eigenvalue weighted by molar-refractivity contribution is 5.71. The number of nitriles is 1. The maximum Gasteiger partial charge on any atom is 0.132 e. The minimum absolute atomic E-state index is 0.357. The van der Waals surface area contributed by atoms with E-state index in [0.29, 0.717) is 11.1 Å². The molecule has 0 saturated carbocycles. The second-order valence-corrected chi connectivity index (χ2v) is 3.64. The lowest BCUT2D eigenvalue weighted by molar-refractivity contribution is 0.631. The molecule has 2 rings (SSSR count). The number of aryl methyl sites for hydroxylation is 1. The Morgan fingerprint density at radius 2 is 1.88 bits per heavy atom. The monoisotopic (exact) mass is 211 g/mol. The standard InChI is InChI=1S/C14H10FN/c1-10-4-2-5-11(8-10)14-12(9-16)6-3-7-13(14)15/h2-8H,1H3. The van der Waals surface area contributed by atoms with E-state index in [0.717, 1.165) is 11.1 Å². The van der Waals surface area contributed by atoms with Crippen molar-refractivity contribution < 1.29 is 4.39 Å². The molecule has 0 fully saturated rings. The van der Waals surface area contributed by atoms with Crippen LogP contribution in [0.2, 0.25) is 0 Å². The van der Waals surface area contributed by atoms with Crippen LogP contribution < -0.4 is 0 Å². The van der Waals surface area contributed by atoms with Crippen LogP contribution in [0.15, 0.2) is 42.5 Å². The first-order valence-corrected chi connectivity index (χ1v) is 4.98. The second-order valence-electron chi connectivity index (χ2n) is 3.64. The minimum Gasteiger partial charge on any atom is -0.206 e. The van der Waals surface area contributed by atoms with Gasteiger partial charge in [-0.05, 0) is 24.6 Å². The second kappa shape index (κ2) is 4.16. The Kier molecular flexibility index (Phi) is 2.70. The molecule has 78 valence electrons. The molecule has 16 heavy (non-hydrogen) atoms. The van der Waals surface area contributed by atoms with Gasteiger partial charge in [-0.2, -0.15) is 5.26 Å². The lowest BCUT2D eigenvalue weighted by Gasteiger charge is -2.06. The van der Waals surface area contributed by atoms with Gasteiger partial charge in [0.15, 0.2) is 0 Å². The van der Waals surface area contributed by atoms with Gasteiger partial charge in [0.1, 0.15) is 5.82 Å². The normalized spacial score (nSPS) is 9.81. The number of hydrogen-bond acceptors (Lipinski definition) is 1. The summed E-state index contributed by atoms with van der Waals surface area (Å²) >= 11 is 0. The molecule has 1 nitrogen and oxygen atoms in total. The minimum atomic E-state index is -0.357. The summed E-state index contributed by atoms with van der Waals surface area (Å²) in [5.74, 6) is -0.357. The summed E-state index contributed by atoms with van der Waals surface area (Å²) in [6.45, 7) is 1.94. The zero-order valence-corrected chi connectivity index (χ0v) is 8.87. The fourth-order valence-corrected chi connectivity index (χ4v) is 1.71. The molecule has 0 radical (unpaired) electrons. The van der Waals surface area contributed by atoms with Crippen LogP contribution >= 0.6 is 0 Å². The van der Waals surface area contributed by atoms with Crippen LogP contribution in [0.3, 0.4) is 0 Å². The lowest BCUT2D eigenvalue weighted by Crippen LogP contribution is -1.89. The molecule has 0 atom stereocenters. The average molecular weight is 211 g/mol. The van der Waals surface area contributed by atoms with E-state index in [1.54, 1.807) is 12.1 Å². The molecule has 0 aliphatic carbocycles. The fourth-order valence-electron chi connectivity index (χ4n) is 1.71. The summed E-state index contributed by atoms with van der Waals surface area (Å²) in [6, 6.07) is 14.0. The van der Waals surface area contributed by atoms with Crippen LogP contribution in [0.1, 0.15) is 11.1 Å². The summed E-state index contributed by atoms with van der Waals surface area (Å²) in [6.07, 6.45) is 0. The average Bonchev–Trinajstić information content (AvgIpc) is 2.28. The Labute approximate surface area is 93.8 Å². The van der Waals surface area contributed by atoms with Crippen molar-refractivity contribution in [3.8, 4) is 17.2 Å². The van der Waals surface area contributed by atoms with E-state index >= 15 is 0 Å². The van der Waals surface area contributed by atoms with Gasteiger partial charge in [-0.3, -0.25) is 0 Å². The molecule has 0 spiro atoms. The van der Waals surface area contributed by atoms with Gasteiger partial charge in [0.25, 0.3) is 0 Å². The number of hydrogen-bond donors (Lipinski definition) is 0. The third-order valence-electron chi connectivity index (χ3n) is 2.44. The Morgan fingerprint density at radius 3 is 2.56 bits per heavy atom. The van der Waals surface area contributed by atoms with E-state index in [-0.39, 0.29) is 5.82 Å². The summed E-state index contributed by atoms with van der Waals surface area (Å²) < 4.78 is 13.7. The largest absolute Gasteiger partial charge is 0.206 e. The third kappa shape index (κ3) is 1.80. The van der Waals surface area contributed by atoms with E-state index in [1.165, 1.54) is 6.07 Å². The fraction of sp³-hybridized carbons (Fsp3) is 0.0714. The van der Waals surface area contributed by atoms with Gasteiger partial charge in [0, 0.05) is 5.56 Å². The summed E-state index contributed by atoms with van der Waals surface area (Å²) in [4.78, 5) is 0.